The number of aromatic amines is 1. The number of aromatic nitrogens is 2. The molecule has 1 atom stereocenters. The lowest BCUT2D eigenvalue weighted by Gasteiger charge is -2.33. The van der Waals surface area contributed by atoms with Gasteiger partial charge in [-0.25, -0.2) is 0 Å². The second-order valence-corrected chi connectivity index (χ2v) is 6.83. The van der Waals surface area contributed by atoms with Gasteiger partial charge < -0.3 is 4.90 Å². The lowest BCUT2D eigenvalue weighted by Crippen LogP contribution is -2.39. The van der Waals surface area contributed by atoms with Gasteiger partial charge in [0.1, 0.15) is 0 Å². The van der Waals surface area contributed by atoms with Crippen molar-refractivity contribution in [3.8, 4) is 0 Å². The molecular formula is C17H27N3O. The van der Waals surface area contributed by atoms with Crippen molar-refractivity contribution in [2.75, 3.05) is 13.1 Å². The fraction of sp³-hybridized carbons (Fsp3) is 0.765. The van der Waals surface area contributed by atoms with E-state index in [0.29, 0.717) is 11.8 Å². The number of carbonyl (C=O) groups excluding carboxylic acids is 1. The summed E-state index contributed by atoms with van der Waals surface area (Å²) in [6, 6.07) is 0. The third kappa shape index (κ3) is 3.47. The van der Waals surface area contributed by atoms with Gasteiger partial charge in [-0.05, 0) is 37.7 Å². The number of nitrogens with zero attached hydrogens (tertiary/aromatic N) is 2. The minimum atomic E-state index is 0.365. The highest BCUT2D eigenvalue weighted by Gasteiger charge is 2.27. The Morgan fingerprint density at radius 3 is 2.86 bits per heavy atom. The van der Waals surface area contributed by atoms with Crippen LogP contribution in [0.4, 0.5) is 0 Å². The van der Waals surface area contributed by atoms with Crippen LogP contribution in [0.25, 0.3) is 0 Å². The van der Waals surface area contributed by atoms with Crippen molar-refractivity contribution in [3.05, 3.63) is 17.5 Å². The molecule has 1 saturated carbocycles. The van der Waals surface area contributed by atoms with E-state index < -0.39 is 0 Å². The summed E-state index contributed by atoms with van der Waals surface area (Å²) < 4.78 is 0. The SMILES string of the molecule is Cc1cn[nH]c1[C@@H]1CCCN(C(=O)CCC2CCCC2)C1. The molecule has 0 unspecified atom stereocenters. The van der Waals surface area contributed by atoms with Crippen LogP contribution in [-0.2, 0) is 4.79 Å². The van der Waals surface area contributed by atoms with Gasteiger partial charge >= 0.3 is 0 Å². The van der Waals surface area contributed by atoms with Gasteiger partial charge in [0.15, 0.2) is 0 Å². The molecule has 21 heavy (non-hydrogen) atoms. The predicted octanol–water partition coefficient (Wildman–Crippen LogP) is 3.39. The maximum absolute atomic E-state index is 12.5. The van der Waals surface area contributed by atoms with Gasteiger partial charge in [-0.15, -0.1) is 0 Å². The van der Waals surface area contributed by atoms with E-state index >= 15 is 0 Å². The van der Waals surface area contributed by atoms with E-state index in [2.05, 4.69) is 22.0 Å². The lowest BCUT2D eigenvalue weighted by molar-refractivity contribution is -0.132. The van der Waals surface area contributed by atoms with E-state index in [4.69, 9.17) is 0 Å². The normalized spacial score (nSPS) is 23.7. The summed E-state index contributed by atoms with van der Waals surface area (Å²) in [6.07, 6.45) is 11.4. The fourth-order valence-electron chi connectivity index (χ4n) is 3.99. The topological polar surface area (TPSA) is 49.0 Å². The van der Waals surface area contributed by atoms with Crippen LogP contribution < -0.4 is 0 Å². The molecule has 1 amide bonds. The second-order valence-electron chi connectivity index (χ2n) is 6.83. The molecule has 1 aliphatic heterocycles. The Hall–Kier alpha value is -1.32. The Bertz CT molecular complexity index is 476. The van der Waals surface area contributed by atoms with Gasteiger partial charge in [0.05, 0.1) is 6.20 Å². The molecular weight excluding hydrogens is 262 g/mol. The van der Waals surface area contributed by atoms with Crippen LogP contribution in [-0.4, -0.2) is 34.1 Å². The number of amides is 1. The molecule has 1 N–H and O–H groups in total. The summed E-state index contributed by atoms with van der Waals surface area (Å²) in [7, 11) is 0. The maximum atomic E-state index is 12.5. The molecule has 0 aromatic carbocycles. The van der Waals surface area contributed by atoms with Crippen LogP contribution in [0.1, 0.15) is 68.5 Å². The van der Waals surface area contributed by atoms with Gasteiger partial charge in [-0.1, -0.05) is 25.7 Å². The van der Waals surface area contributed by atoms with Crippen molar-refractivity contribution in [2.24, 2.45) is 5.92 Å². The summed E-state index contributed by atoms with van der Waals surface area (Å²) in [5.74, 6) is 1.62. The largest absolute Gasteiger partial charge is 0.342 e. The molecule has 116 valence electrons. The first-order valence-corrected chi connectivity index (χ1v) is 8.51. The van der Waals surface area contributed by atoms with Crippen molar-refractivity contribution < 1.29 is 4.79 Å². The molecule has 1 saturated heterocycles. The van der Waals surface area contributed by atoms with Crippen molar-refractivity contribution in [1.82, 2.24) is 15.1 Å². The van der Waals surface area contributed by atoms with Crippen LogP contribution in [0.2, 0.25) is 0 Å². The van der Waals surface area contributed by atoms with Gasteiger partial charge in [0, 0.05) is 31.1 Å². The molecule has 2 fully saturated rings. The minimum Gasteiger partial charge on any atom is -0.342 e. The molecule has 2 heterocycles. The zero-order chi connectivity index (χ0) is 14.7. The molecule has 0 bridgehead atoms. The lowest BCUT2D eigenvalue weighted by atomic mass is 9.92. The van der Waals surface area contributed by atoms with E-state index in [1.54, 1.807) is 0 Å². The summed E-state index contributed by atoms with van der Waals surface area (Å²) in [5.41, 5.74) is 2.45. The zero-order valence-corrected chi connectivity index (χ0v) is 13.1. The first kappa shape index (κ1) is 14.6. The van der Waals surface area contributed by atoms with Crippen LogP contribution in [0.5, 0.6) is 0 Å². The van der Waals surface area contributed by atoms with Crippen LogP contribution in [0.3, 0.4) is 0 Å². The number of piperidine rings is 1. The number of aryl methyl sites for hydroxylation is 1. The number of likely N-dealkylation sites (tertiary alicyclic amines) is 1. The van der Waals surface area contributed by atoms with E-state index in [9.17, 15) is 4.79 Å². The molecule has 4 heteroatoms. The number of rotatable bonds is 4. The third-order valence-electron chi connectivity index (χ3n) is 5.29. The summed E-state index contributed by atoms with van der Waals surface area (Å²) >= 11 is 0. The Kier molecular flexibility index (Phi) is 4.61. The number of hydrogen-bond donors (Lipinski definition) is 1. The summed E-state index contributed by atoms with van der Waals surface area (Å²) in [4.78, 5) is 14.5. The van der Waals surface area contributed by atoms with Crippen LogP contribution in [0, 0.1) is 12.8 Å². The summed E-state index contributed by atoms with van der Waals surface area (Å²) in [6.45, 7) is 3.90. The van der Waals surface area contributed by atoms with Gasteiger partial charge in [-0.2, -0.15) is 5.10 Å². The molecule has 4 nitrogen and oxygen atoms in total. The monoisotopic (exact) mass is 289 g/mol. The highest BCUT2D eigenvalue weighted by Crippen LogP contribution is 2.30. The molecule has 2 aliphatic rings. The standard InChI is InChI=1S/C17H27N3O/c1-13-11-18-19-17(13)15-7-4-10-20(12-15)16(21)9-8-14-5-2-3-6-14/h11,14-15H,2-10,12H2,1H3,(H,18,19)/t15-/m1/s1. The van der Waals surface area contributed by atoms with E-state index in [-0.39, 0.29) is 0 Å². The fourth-order valence-corrected chi connectivity index (χ4v) is 3.99. The van der Waals surface area contributed by atoms with Crippen molar-refractivity contribution in [3.63, 3.8) is 0 Å². The molecule has 0 radical (unpaired) electrons. The Labute approximate surface area is 127 Å². The third-order valence-corrected chi connectivity index (χ3v) is 5.29. The quantitative estimate of drug-likeness (QED) is 0.923. The average molecular weight is 289 g/mol. The van der Waals surface area contributed by atoms with E-state index in [0.717, 1.165) is 44.7 Å². The second kappa shape index (κ2) is 6.63. The number of hydrogen-bond acceptors (Lipinski definition) is 2. The zero-order valence-electron chi connectivity index (χ0n) is 13.1. The van der Waals surface area contributed by atoms with E-state index in [1.807, 2.05) is 6.20 Å². The highest BCUT2D eigenvalue weighted by molar-refractivity contribution is 5.76. The van der Waals surface area contributed by atoms with Gasteiger partial charge in [0.2, 0.25) is 5.91 Å². The van der Waals surface area contributed by atoms with Crippen LogP contribution in [0.15, 0.2) is 6.20 Å². The molecule has 1 aromatic heterocycles. The molecule has 3 rings (SSSR count). The smallest absolute Gasteiger partial charge is 0.222 e. The van der Waals surface area contributed by atoms with Gasteiger partial charge in [-0.3, -0.25) is 9.89 Å². The van der Waals surface area contributed by atoms with Crippen LogP contribution >= 0.6 is 0 Å². The molecule has 1 aromatic rings. The Balaban J connectivity index is 1.53. The predicted molar refractivity (Wildman–Crippen MR) is 83.1 cm³/mol. The van der Waals surface area contributed by atoms with Crippen molar-refractivity contribution >= 4 is 5.91 Å². The first-order chi connectivity index (χ1) is 10.2. The van der Waals surface area contributed by atoms with E-state index in [1.165, 1.54) is 36.9 Å². The average Bonchev–Trinajstić information content (AvgIpc) is 3.16. The van der Waals surface area contributed by atoms with Gasteiger partial charge in [0.25, 0.3) is 0 Å². The maximum Gasteiger partial charge on any atom is 0.222 e. The highest BCUT2D eigenvalue weighted by atomic mass is 16.2. The molecule has 0 spiro atoms. The summed E-state index contributed by atoms with van der Waals surface area (Å²) in [5, 5.41) is 7.25. The number of carbonyl (C=O) groups is 1. The Morgan fingerprint density at radius 1 is 1.33 bits per heavy atom. The first-order valence-electron chi connectivity index (χ1n) is 8.51. The minimum absolute atomic E-state index is 0.365. The molecule has 1 aliphatic carbocycles. The Morgan fingerprint density at radius 2 is 2.14 bits per heavy atom. The van der Waals surface area contributed by atoms with Crippen molar-refractivity contribution in [1.29, 1.82) is 0 Å². The number of H-pyrrole nitrogens is 1. The number of nitrogens with one attached hydrogen (secondary N) is 1. The van der Waals surface area contributed by atoms with Crippen molar-refractivity contribution in [2.45, 2.75) is 64.2 Å².